The summed E-state index contributed by atoms with van der Waals surface area (Å²) in [6, 6.07) is 15.3. The molecule has 0 radical (unpaired) electrons. The number of rotatable bonds is 11. The van der Waals surface area contributed by atoms with Gasteiger partial charge in [0, 0.05) is 11.1 Å². The van der Waals surface area contributed by atoms with Crippen molar-refractivity contribution in [1.82, 2.24) is 0 Å². The van der Waals surface area contributed by atoms with E-state index >= 15 is 0 Å². The molecular formula is C22H28ClNO4. The number of hydrogen-bond acceptors (Lipinski definition) is 5. The van der Waals surface area contributed by atoms with E-state index in [1.54, 1.807) is 0 Å². The van der Waals surface area contributed by atoms with Crippen LogP contribution in [-0.2, 0) is 20.7 Å². The number of ether oxygens (including phenoxy) is 2. The lowest BCUT2D eigenvalue weighted by molar-refractivity contribution is -0.166. The molecule has 0 aliphatic carbocycles. The van der Waals surface area contributed by atoms with E-state index in [1.165, 1.54) is 0 Å². The summed E-state index contributed by atoms with van der Waals surface area (Å²) >= 11 is 6.04. The molecule has 3 N–H and O–H groups in total. The third-order valence-electron chi connectivity index (χ3n) is 4.33. The number of carbonyl (C=O) groups is 1. The van der Waals surface area contributed by atoms with Gasteiger partial charge in [0.2, 0.25) is 0 Å². The molecule has 0 aromatic heterocycles. The molecule has 5 nitrogen and oxygen atoms in total. The maximum absolute atomic E-state index is 11.8. The van der Waals surface area contributed by atoms with Gasteiger partial charge in [-0.3, -0.25) is 0 Å². The lowest BCUT2D eigenvalue weighted by Crippen LogP contribution is -2.33. The summed E-state index contributed by atoms with van der Waals surface area (Å²) in [7, 11) is 0. The van der Waals surface area contributed by atoms with Crippen LogP contribution in [0.5, 0.6) is 0 Å². The number of aliphatic hydroxyl groups is 1. The van der Waals surface area contributed by atoms with Gasteiger partial charge in [0.05, 0.1) is 6.61 Å². The predicted molar refractivity (Wildman–Crippen MR) is 111 cm³/mol. The van der Waals surface area contributed by atoms with E-state index in [1.807, 2.05) is 55.5 Å². The highest BCUT2D eigenvalue weighted by Gasteiger charge is 2.20. The first-order valence-corrected chi connectivity index (χ1v) is 9.90. The molecule has 0 bridgehead atoms. The van der Waals surface area contributed by atoms with Crippen molar-refractivity contribution in [2.24, 2.45) is 5.73 Å². The number of hydrogen-bond donors (Lipinski definition) is 2. The Morgan fingerprint density at radius 1 is 1.18 bits per heavy atom. The first-order valence-electron chi connectivity index (χ1n) is 9.52. The number of unbranched alkanes of at least 4 members (excludes halogenated alkanes) is 1. The number of carbonyl (C=O) groups excluding carboxylic acids is 1. The van der Waals surface area contributed by atoms with Crippen molar-refractivity contribution in [3.8, 4) is 11.1 Å². The van der Waals surface area contributed by atoms with E-state index < -0.39 is 12.1 Å². The zero-order chi connectivity index (χ0) is 20.4. The van der Waals surface area contributed by atoms with Gasteiger partial charge in [-0.2, -0.15) is 0 Å². The Bertz CT molecular complexity index is 736. The van der Waals surface area contributed by atoms with Crippen LogP contribution in [0.1, 0.15) is 31.7 Å². The molecule has 0 amide bonds. The van der Waals surface area contributed by atoms with Crippen molar-refractivity contribution in [3.63, 3.8) is 0 Å². The molecule has 0 unspecified atom stereocenters. The molecule has 0 saturated heterocycles. The quantitative estimate of drug-likeness (QED) is 0.336. The zero-order valence-electron chi connectivity index (χ0n) is 16.1. The van der Waals surface area contributed by atoms with E-state index in [0.29, 0.717) is 18.1 Å². The Balaban J connectivity index is 1.79. The third kappa shape index (κ3) is 7.60. The second-order valence-corrected chi connectivity index (χ2v) is 7.20. The predicted octanol–water partition coefficient (Wildman–Crippen LogP) is 3.95. The van der Waals surface area contributed by atoms with Crippen LogP contribution in [0.2, 0.25) is 5.02 Å². The van der Waals surface area contributed by atoms with E-state index in [4.69, 9.17) is 26.8 Å². The van der Waals surface area contributed by atoms with Crippen LogP contribution in [-0.4, -0.2) is 36.6 Å². The fourth-order valence-electron chi connectivity index (χ4n) is 2.77. The van der Waals surface area contributed by atoms with Crippen LogP contribution in [0, 0.1) is 0 Å². The van der Waals surface area contributed by atoms with Crippen molar-refractivity contribution in [2.45, 2.75) is 44.8 Å². The van der Waals surface area contributed by atoms with Gasteiger partial charge in [0.1, 0.15) is 0 Å². The minimum atomic E-state index is -1.25. The minimum Gasteiger partial charge on any atom is -0.437 e. The smallest absolute Gasteiger partial charge is 0.337 e. The summed E-state index contributed by atoms with van der Waals surface area (Å²) in [6.07, 6.45) is 1.33. The standard InChI is InChI=1S/C22H28ClNO4/c1-2-3-11-27-15-28-22(26)21(25)14-20(24)12-16-7-9-17(10-8-16)18-5-4-6-19(23)13-18/h4-10,13,20-21,25H,2-3,11-12,14-15,24H2,1H3/t20-,21-/m1/s1. The molecular weight excluding hydrogens is 378 g/mol. The Hall–Kier alpha value is -1.92. The van der Waals surface area contributed by atoms with Crippen LogP contribution < -0.4 is 5.73 Å². The average molecular weight is 406 g/mol. The van der Waals surface area contributed by atoms with Crippen LogP contribution in [0.3, 0.4) is 0 Å². The molecule has 2 aromatic rings. The number of aliphatic hydroxyl groups excluding tert-OH is 1. The van der Waals surface area contributed by atoms with Crippen LogP contribution in [0.15, 0.2) is 48.5 Å². The number of halogens is 1. The van der Waals surface area contributed by atoms with E-state index in [0.717, 1.165) is 29.5 Å². The summed E-state index contributed by atoms with van der Waals surface area (Å²) in [5.74, 6) is -0.705. The highest BCUT2D eigenvalue weighted by molar-refractivity contribution is 6.30. The van der Waals surface area contributed by atoms with Crippen LogP contribution in [0.4, 0.5) is 0 Å². The van der Waals surface area contributed by atoms with Gasteiger partial charge >= 0.3 is 5.97 Å². The van der Waals surface area contributed by atoms with Crippen molar-refractivity contribution in [3.05, 3.63) is 59.1 Å². The summed E-state index contributed by atoms with van der Waals surface area (Å²) in [4.78, 5) is 11.8. The monoisotopic (exact) mass is 405 g/mol. The maximum Gasteiger partial charge on any atom is 0.337 e. The summed E-state index contributed by atoms with van der Waals surface area (Å²) in [5.41, 5.74) is 9.23. The molecule has 28 heavy (non-hydrogen) atoms. The fourth-order valence-corrected chi connectivity index (χ4v) is 2.96. The molecule has 0 aliphatic rings. The van der Waals surface area contributed by atoms with Gasteiger partial charge in [0.15, 0.2) is 12.9 Å². The van der Waals surface area contributed by atoms with Gasteiger partial charge in [-0.25, -0.2) is 4.79 Å². The van der Waals surface area contributed by atoms with Gasteiger partial charge in [-0.05, 0) is 48.1 Å². The van der Waals surface area contributed by atoms with E-state index in [2.05, 4.69) is 0 Å². The first-order chi connectivity index (χ1) is 13.5. The molecule has 0 heterocycles. The van der Waals surface area contributed by atoms with Crippen molar-refractivity contribution in [1.29, 1.82) is 0 Å². The van der Waals surface area contributed by atoms with E-state index in [-0.39, 0.29) is 19.3 Å². The average Bonchev–Trinajstić information content (AvgIpc) is 2.68. The number of benzene rings is 2. The first kappa shape index (κ1) is 22.4. The van der Waals surface area contributed by atoms with Gasteiger partial charge in [0.25, 0.3) is 0 Å². The van der Waals surface area contributed by atoms with Crippen LogP contribution >= 0.6 is 11.6 Å². The molecule has 0 fully saturated rings. The summed E-state index contributed by atoms with van der Waals surface area (Å²) in [5, 5.41) is 10.7. The summed E-state index contributed by atoms with van der Waals surface area (Å²) in [6.45, 7) is 2.44. The molecule has 0 aliphatic heterocycles. The molecule has 2 aromatic carbocycles. The second kappa shape index (κ2) is 11.8. The topological polar surface area (TPSA) is 81.8 Å². The lowest BCUT2D eigenvalue weighted by atomic mass is 9.98. The third-order valence-corrected chi connectivity index (χ3v) is 4.57. The van der Waals surface area contributed by atoms with Gasteiger partial charge in [-0.1, -0.05) is 61.3 Å². The summed E-state index contributed by atoms with van der Waals surface area (Å²) < 4.78 is 10.1. The second-order valence-electron chi connectivity index (χ2n) is 6.77. The highest BCUT2D eigenvalue weighted by Crippen LogP contribution is 2.23. The number of esters is 1. The molecule has 152 valence electrons. The fraction of sp³-hybridized carbons (Fsp3) is 0.409. The van der Waals surface area contributed by atoms with Gasteiger partial charge < -0.3 is 20.3 Å². The van der Waals surface area contributed by atoms with Gasteiger partial charge in [-0.15, -0.1) is 0 Å². The molecule has 2 atom stereocenters. The normalized spacial score (nSPS) is 13.1. The Morgan fingerprint density at radius 3 is 2.61 bits per heavy atom. The molecule has 0 saturated carbocycles. The largest absolute Gasteiger partial charge is 0.437 e. The van der Waals surface area contributed by atoms with Crippen LogP contribution in [0.25, 0.3) is 11.1 Å². The lowest BCUT2D eigenvalue weighted by Gasteiger charge is -2.16. The van der Waals surface area contributed by atoms with E-state index in [9.17, 15) is 9.90 Å². The Labute approximate surface area is 171 Å². The SMILES string of the molecule is CCCCOCOC(=O)[C@H](O)C[C@H](N)Cc1ccc(-c2cccc(Cl)c2)cc1. The highest BCUT2D eigenvalue weighted by atomic mass is 35.5. The Kier molecular flexibility index (Phi) is 9.44. The van der Waals surface area contributed by atoms with Crippen molar-refractivity contribution in [2.75, 3.05) is 13.4 Å². The zero-order valence-corrected chi connectivity index (χ0v) is 16.9. The molecule has 6 heteroatoms. The molecule has 2 rings (SSSR count). The number of nitrogens with two attached hydrogens (primary N) is 1. The Morgan fingerprint density at radius 2 is 1.93 bits per heavy atom. The molecule has 0 spiro atoms. The van der Waals surface area contributed by atoms with Crippen molar-refractivity contribution >= 4 is 17.6 Å². The minimum absolute atomic E-state index is 0.129. The van der Waals surface area contributed by atoms with Crippen molar-refractivity contribution < 1.29 is 19.4 Å². The maximum atomic E-state index is 11.8.